The molecule has 7 nitrogen and oxygen atoms in total. The van der Waals surface area contributed by atoms with E-state index in [9.17, 15) is 9.59 Å². The predicted octanol–water partition coefficient (Wildman–Crippen LogP) is 0.697. The van der Waals surface area contributed by atoms with E-state index < -0.39 is 0 Å². The third kappa shape index (κ3) is 4.83. The molecule has 2 fully saturated rings. The number of nitrogens with one attached hydrogen (secondary N) is 1. The Morgan fingerprint density at radius 3 is 2.72 bits per heavy atom. The third-order valence-corrected chi connectivity index (χ3v) is 5.10. The van der Waals surface area contributed by atoms with E-state index in [-0.39, 0.29) is 24.4 Å². The fourth-order valence-electron chi connectivity index (χ4n) is 3.53. The van der Waals surface area contributed by atoms with E-state index in [1.165, 1.54) is 19.3 Å². The molecule has 0 saturated carbocycles. The monoisotopic (exact) mass is 348 g/mol. The molecule has 2 aliphatic heterocycles. The highest BCUT2D eigenvalue weighted by Crippen LogP contribution is 2.24. The molecule has 0 radical (unpaired) electrons. The Bertz CT molecular complexity index is 569. The van der Waals surface area contributed by atoms with Crippen LogP contribution in [0.25, 0.3) is 0 Å². The zero-order valence-electron chi connectivity index (χ0n) is 14.9. The molecule has 2 saturated heterocycles. The smallest absolute Gasteiger partial charge is 0.236 e. The van der Waals surface area contributed by atoms with Crippen LogP contribution in [0.3, 0.4) is 0 Å². The van der Waals surface area contributed by atoms with Crippen molar-refractivity contribution in [2.45, 2.75) is 25.3 Å². The molecule has 1 aromatic heterocycles. The van der Waals surface area contributed by atoms with Crippen LogP contribution in [-0.2, 0) is 9.59 Å². The second-order valence-electron chi connectivity index (χ2n) is 6.96. The van der Waals surface area contributed by atoms with Crippen molar-refractivity contribution in [3.05, 3.63) is 24.2 Å². The van der Waals surface area contributed by atoms with Gasteiger partial charge in [-0.05, 0) is 38.1 Å². The van der Waals surface area contributed by atoms with Gasteiger partial charge in [0.2, 0.25) is 11.8 Å². The number of nitrogens with zero attached hydrogens (tertiary/aromatic N) is 3. The molecule has 0 spiro atoms. The molecule has 3 rings (SSSR count). The zero-order valence-corrected chi connectivity index (χ0v) is 14.9. The van der Waals surface area contributed by atoms with Gasteiger partial charge in [0, 0.05) is 26.7 Å². The lowest BCUT2D eigenvalue weighted by atomic mass is 10.1. The SMILES string of the molecule is CN1CCN(CC(=O)NC[C@@H](c2ccco2)N2CCCCC2)CC1=O. The summed E-state index contributed by atoms with van der Waals surface area (Å²) in [6.07, 6.45) is 5.33. The topological polar surface area (TPSA) is 69.0 Å². The van der Waals surface area contributed by atoms with Crippen LogP contribution >= 0.6 is 0 Å². The summed E-state index contributed by atoms with van der Waals surface area (Å²) in [5.74, 6) is 0.934. The summed E-state index contributed by atoms with van der Waals surface area (Å²) in [7, 11) is 1.80. The minimum absolute atomic E-state index is 0.0362. The van der Waals surface area contributed by atoms with Crippen LogP contribution in [-0.4, -0.2) is 79.4 Å². The Hall–Kier alpha value is -1.86. The molecule has 25 heavy (non-hydrogen) atoms. The van der Waals surface area contributed by atoms with Gasteiger partial charge >= 0.3 is 0 Å². The fourth-order valence-corrected chi connectivity index (χ4v) is 3.53. The summed E-state index contributed by atoms with van der Waals surface area (Å²) in [6, 6.07) is 3.95. The fraction of sp³-hybridized carbons (Fsp3) is 0.667. The van der Waals surface area contributed by atoms with E-state index in [2.05, 4.69) is 10.2 Å². The molecule has 2 aliphatic rings. The van der Waals surface area contributed by atoms with Gasteiger partial charge < -0.3 is 14.6 Å². The Balaban J connectivity index is 1.52. The number of hydrogen-bond donors (Lipinski definition) is 1. The Labute approximate surface area is 148 Å². The van der Waals surface area contributed by atoms with Crippen LogP contribution < -0.4 is 5.32 Å². The Morgan fingerprint density at radius 2 is 2.04 bits per heavy atom. The van der Waals surface area contributed by atoms with Crippen molar-refractivity contribution in [2.24, 2.45) is 0 Å². The number of hydrogen-bond acceptors (Lipinski definition) is 5. The van der Waals surface area contributed by atoms with Crippen molar-refractivity contribution in [1.82, 2.24) is 20.0 Å². The van der Waals surface area contributed by atoms with Gasteiger partial charge in [0.15, 0.2) is 0 Å². The zero-order chi connectivity index (χ0) is 17.6. The maximum Gasteiger partial charge on any atom is 0.236 e. The lowest BCUT2D eigenvalue weighted by Gasteiger charge is -2.34. The van der Waals surface area contributed by atoms with Crippen LogP contribution in [0.4, 0.5) is 0 Å². The van der Waals surface area contributed by atoms with Gasteiger partial charge in [-0.3, -0.25) is 19.4 Å². The predicted molar refractivity (Wildman–Crippen MR) is 94.0 cm³/mol. The summed E-state index contributed by atoms with van der Waals surface area (Å²) >= 11 is 0. The van der Waals surface area contributed by atoms with Crippen molar-refractivity contribution in [1.29, 1.82) is 0 Å². The maximum absolute atomic E-state index is 12.3. The first-order chi connectivity index (χ1) is 12.1. The first-order valence-corrected chi connectivity index (χ1v) is 9.14. The average molecular weight is 348 g/mol. The van der Waals surface area contributed by atoms with Crippen molar-refractivity contribution < 1.29 is 14.0 Å². The lowest BCUT2D eigenvalue weighted by molar-refractivity contribution is -0.135. The number of carbonyl (C=O) groups excluding carboxylic acids is 2. The van der Waals surface area contributed by atoms with Crippen LogP contribution in [0.2, 0.25) is 0 Å². The second kappa shape index (κ2) is 8.49. The van der Waals surface area contributed by atoms with Crippen LogP contribution in [0.1, 0.15) is 31.1 Å². The van der Waals surface area contributed by atoms with Crippen molar-refractivity contribution >= 4 is 11.8 Å². The largest absolute Gasteiger partial charge is 0.468 e. The van der Waals surface area contributed by atoms with Crippen molar-refractivity contribution in [2.75, 3.05) is 52.9 Å². The molecule has 1 atom stereocenters. The number of likely N-dealkylation sites (N-methyl/N-ethyl adjacent to an activating group) is 1. The number of piperidine rings is 1. The quantitative estimate of drug-likeness (QED) is 0.819. The van der Waals surface area contributed by atoms with Crippen LogP contribution in [0.5, 0.6) is 0 Å². The summed E-state index contributed by atoms with van der Waals surface area (Å²) in [4.78, 5) is 30.1. The van der Waals surface area contributed by atoms with E-state index >= 15 is 0 Å². The highest BCUT2D eigenvalue weighted by molar-refractivity contribution is 5.81. The molecule has 3 heterocycles. The van der Waals surface area contributed by atoms with Gasteiger partial charge in [-0.25, -0.2) is 0 Å². The number of furan rings is 1. The second-order valence-corrected chi connectivity index (χ2v) is 6.96. The normalized spacial score (nSPS) is 21.3. The van der Waals surface area contributed by atoms with Crippen molar-refractivity contribution in [3.8, 4) is 0 Å². The van der Waals surface area contributed by atoms with E-state index in [0.29, 0.717) is 19.6 Å². The molecule has 2 amide bonds. The standard InChI is InChI=1S/C18H28N4O3/c1-20-9-10-21(14-18(20)24)13-17(23)19-12-15(16-6-5-11-25-16)22-7-3-2-4-8-22/h5-6,11,15H,2-4,7-10,12-14H2,1H3,(H,19,23)/t15-/m0/s1. The molecule has 1 N–H and O–H groups in total. The minimum Gasteiger partial charge on any atom is -0.468 e. The van der Waals surface area contributed by atoms with E-state index in [4.69, 9.17) is 4.42 Å². The number of amides is 2. The molecule has 0 aliphatic carbocycles. The number of likely N-dealkylation sites (tertiary alicyclic amines) is 1. The van der Waals surface area contributed by atoms with Gasteiger partial charge in [-0.15, -0.1) is 0 Å². The molecule has 7 heteroatoms. The number of carbonyl (C=O) groups is 2. The lowest BCUT2D eigenvalue weighted by Crippen LogP contribution is -2.51. The summed E-state index contributed by atoms with van der Waals surface area (Å²) in [6.45, 7) is 4.61. The highest BCUT2D eigenvalue weighted by atomic mass is 16.3. The van der Waals surface area contributed by atoms with E-state index in [1.54, 1.807) is 18.2 Å². The number of rotatable bonds is 6. The van der Waals surface area contributed by atoms with Crippen molar-refractivity contribution in [3.63, 3.8) is 0 Å². The van der Waals surface area contributed by atoms with E-state index in [1.807, 2.05) is 17.0 Å². The molecular formula is C18H28N4O3. The molecule has 1 aromatic rings. The van der Waals surface area contributed by atoms with Gasteiger partial charge in [-0.1, -0.05) is 6.42 Å². The van der Waals surface area contributed by atoms with Gasteiger partial charge in [0.05, 0.1) is 25.4 Å². The Morgan fingerprint density at radius 1 is 1.24 bits per heavy atom. The molecular weight excluding hydrogens is 320 g/mol. The summed E-state index contributed by atoms with van der Waals surface area (Å²) in [5, 5.41) is 3.03. The first kappa shape index (κ1) is 17.9. The summed E-state index contributed by atoms with van der Waals surface area (Å²) in [5.41, 5.74) is 0. The molecule has 0 bridgehead atoms. The third-order valence-electron chi connectivity index (χ3n) is 5.10. The molecule has 0 aromatic carbocycles. The summed E-state index contributed by atoms with van der Waals surface area (Å²) < 4.78 is 5.60. The molecule has 0 unspecified atom stereocenters. The van der Waals surface area contributed by atoms with Gasteiger partial charge in [0.25, 0.3) is 0 Å². The van der Waals surface area contributed by atoms with E-state index in [0.717, 1.165) is 25.4 Å². The van der Waals surface area contributed by atoms with Gasteiger partial charge in [-0.2, -0.15) is 0 Å². The molecule has 138 valence electrons. The minimum atomic E-state index is -0.0362. The average Bonchev–Trinajstić information content (AvgIpc) is 3.14. The Kier molecular flexibility index (Phi) is 6.09. The highest BCUT2D eigenvalue weighted by Gasteiger charge is 2.26. The maximum atomic E-state index is 12.3. The number of piperazine rings is 1. The first-order valence-electron chi connectivity index (χ1n) is 9.14. The van der Waals surface area contributed by atoms with Gasteiger partial charge in [0.1, 0.15) is 5.76 Å². The van der Waals surface area contributed by atoms with Crippen LogP contribution in [0, 0.1) is 0 Å². The van der Waals surface area contributed by atoms with Crippen LogP contribution in [0.15, 0.2) is 22.8 Å².